The predicted octanol–water partition coefficient (Wildman–Crippen LogP) is 4.07. The fraction of sp³-hybridized carbons (Fsp3) is 0.143. The molecule has 0 radical (unpaired) electrons. The van der Waals surface area contributed by atoms with E-state index in [1.807, 2.05) is 30.3 Å². The summed E-state index contributed by atoms with van der Waals surface area (Å²) < 4.78 is 5.82. The van der Waals surface area contributed by atoms with Crippen LogP contribution >= 0.6 is 23.2 Å². The Morgan fingerprint density at radius 2 is 1.78 bits per heavy atom. The lowest BCUT2D eigenvalue weighted by atomic mass is 10.1. The van der Waals surface area contributed by atoms with Crippen LogP contribution in [0.4, 0.5) is 0 Å². The third kappa shape index (κ3) is 3.16. The molecule has 0 aliphatic rings. The summed E-state index contributed by atoms with van der Waals surface area (Å²) in [6.07, 6.45) is -0.234. The van der Waals surface area contributed by atoms with Gasteiger partial charge in [-0.3, -0.25) is 0 Å². The molecule has 18 heavy (non-hydrogen) atoms. The van der Waals surface area contributed by atoms with Crippen molar-refractivity contribution < 1.29 is 4.74 Å². The topological polar surface area (TPSA) is 35.2 Å². The van der Waals surface area contributed by atoms with Gasteiger partial charge >= 0.3 is 0 Å². The summed E-state index contributed by atoms with van der Waals surface area (Å²) in [5.41, 5.74) is 6.75. The van der Waals surface area contributed by atoms with Crippen LogP contribution in [0, 0.1) is 0 Å². The smallest absolute Gasteiger partial charge is 0.140 e. The average Bonchev–Trinajstić information content (AvgIpc) is 2.41. The molecular formula is C14H13Cl2NO. The number of nitrogens with two attached hydrogens (primary N) is 1. The molecule has 2 aromatic rings. The molecule has 0 bridgehead atoms. The van der Waals surface area contributed by atoms with Crippen molar-refractivity contribution in [3.05, 3.63) is 64.1 Å². The normalized spacial score (nSPS) is 12.2. The molecule has 0 spiro atoms. The number of ether oxygens (including phenoxy) is 1. The molecule has 4 heteroatoms. The first-order chi connectivity index (χ1) is 8.70. The van der Waals surface area contributed by atoms with Crippen LogP contribution in [0.15, 0.2) is 48.5 Å². The van der Waals surface area contributed by atoms with Crippen molar-refractivity contribution in [3.8, 4) is 5.75 Å². The molecular weight excluding hydrogens is 269 g/mol. The molecule has 2 N–H and O–H groups in total. The molecule has 0 saturated heterocycles. The van der Waals surface area contributed by atoms with Gasteiger partial charge in [-0.05, 0) is 17.7 Å². The maximum atomic E-state index is 6.06. The fourth-order valence-corrected chi connectivity index (χ4v) is 1.96. The molecule has 2 rings (SSSR count). The second-order valence-electron chi connectivity index (χ2n) is 3.83. The van der Waals surface area contributed by atoms with E-state index in [1.54, 1.807) is 18.2 Å². The van der Waals surface area contributed by atoms with E-state index in [0.29, 0.717) is 22.3 Å². The van der Waals surface area contributed by atoms with Crippen LogP contribution in [-0.4, -0.2) is 6.54 Å². The summed E-state index contributed by atoms with van der Waals surface area (Å²) in [4.78, 5) is 0. The number of rotatable bonds is 4. The third-order valence-electron chi connectivity index (χ3n) is 2.55. The number of hydrogen-bond donors (Lipinski definition) is 1. The van der Waals surface area contributed by atoms with Crippen LogP contribution < -0.4 is 10.5 Å². The summed E-state index contributed by atoms with van der Waals surface area (Å²) in [5.74, 6) is 0.545. The molecule has 0 aromatic heterocycles. The van der Waals surface area contributed by atoms with Gasteiger partial charge in [0.25, 0.3) is 0 Å². The first-order valence-electron chi connectivity index (χ1n) is 5.57. The SMILES string of the molecule is NCC(Oc1cc(Cl)ccc1Cl)c1ccccc1. The minimum absolute atomic E-state index is 0.234. The highest BCUT2D eigenvalue weighted by Crippen LogP contribution is 2.31. The Balaban J connectivity index is 2.23. The Morgan fingerprint density at radius 3 is 2.44 bits per heavy atom. The van der Waals surface area contributed by atoms with Crippen LogP contribution in [-0.2, 0) is 0 Å². The van der Waals surface area contributed by atoms with Crippen LogP contribution in [0.1, 0.15) is 11.7 Å². The van der Waals surface area contributed by atoms with E-state index in [1.165, 1.54) is 0 Å². The monoisotopic (exact) mass is 281 g/mol. The van der Waals surface area contributed by atoms with Gasteiger partial charge in [0.05, 0.1) is 5.02 Å². The Hall–Kier alpha value is -1.22. The Kier molecular flexibility index (Phi) is 4.48. The quantitative estimate of drug-likeness (QED) is 0.917. The van der Waals surface area contributed by atoms with Crippen molar-refractivity contribution in [1.29, 1.82) is 0 Å². The van der Waals surface area contributed by atoms with Crippen molar-refractivity contribution in [2.24, 2.45) is 5.73 Å². The molecule has 0 amide bonds. The zero-order valence-electron chi connectivity index (χ0n) is 9.64. The molecule has 0 fully saturated rings. The van der Waals surface area contributed by atoms with E-state index in [4.69, 9.17) is 33.7 Å². The van der Waals surface area contributed by atoms with Gasteiger partial charge in [-0.1, -0.05) is 53.5 Å². The van der Waals surface area contributed by atoms with Gasteiger partial charge in [-0.2, -0.15) is 0 Å². The van der Waals surface area contributed by atoms with E-state index in [9.17, 15) is 0 Å². The number of halogens is 2. The molecule has 0 saturated carbocycles. The lowest BCUT2D eigenvalue weighted by Crippen LogP contribution is -2.18. The Labute approximate surface area is 116 Å². The van der Waals surface area contributed by atoms with E-state index in [2.05, 4.69) is 0 Å². The highest BCUT2D eigenvalue weighted by molar-refractivity contribution is 6.34. The van der Waals surface area contributed by atoms with Crippen LogP contribution in [0.25, 0.3) is 0 Å². The molecule has 94 valence electrons. The molecule has 1 unspecified atom stereocenters. The van der Waals surface area contributed by atoms with Gasteiger partial charge in [0.2, 0.25) is 0 Å². The highest BCUT2D eigenvalue weighted by Gasteiger charge is 2.13. The Morgan fingerprint density at radius 1 is 1.06 bits per heavy atom. The lowest BCUT2D eigenvalue weighted by molar-refractivity contribution is 0.214. The maximum Gasteiger partial charge on any atom is 0.140 e. The van der Waals surface area contributed by atoms with Crippen LogP contribution in [0.2, 0.25) is 10.0 Å². The summed E-state index contributed by atoms with van der Waals surface area (Å²) in [6, 6.07) is 14.9. The third-order valence-corrected chi connectivity index (χ3v) is 3.10. The van der Waals surface area contributed by atoms with E-state index < -0.39 is 0 Å². The average molecular weight is 282 g/mol. The summed E-state index contributed by atoms with van der Waals surface area (Å²) in [6.45, 7) is 0.368. The number of hydrogen-bond acceptors (Lipinski definition) is 2. The van der Waals surface area contributed by atoms with Crippen molar-refractivity contribution in [3.63, 3.8) is 0 Å². The first-order valence-corrected chi connectivity index (χ1v) is 6.33. The van der Waals surface area contributed by atoms with Crippen molar-refractivity contribution in [2.75, 3.05) is 6.54 Å². The Bertz CT molecular complexity index is 516. The minimum atomic E-state index is -0.234. The zero-order chi connectivity index (χ0) is 13.0. The van der Waals surface area contributed by atoms with E-state index in [0.717, 1.165) is 5.56 Å². The molecule has 0 aliphatic carbocycles. The second-order valence-corrected chi connectivity index (χ2v) is 4.67. The predicted molar refractivity (Wildman–Crippen MR) is 75.3 cm³/mol. The highest BCUT2D eigenvalue weighted by atomic mass is 35.5. The standard InChI is InChI=1S/C14H13Cl2NO/c15-11-6-7-12(16)13(8-11)18-14(9-17)10-4-2-1-3-5-10/h1-8,14H,9,17H2. The van der Waals surface area contributed by atoms with Gasteiger partial charge in [0, 0.05) is 17.6 Å². The van der Waals surface area contributed by atoms with E-state index in [-0.39, 0.29) is 6.10 Å². The van der Waals surface area contributed by atoms with Crippen LogP contribution in [0.5, 0.6) is 5.75 Å². The van der Waals surface area contributed by atoms with Gasteiger partial charge in [0.15, 0.2) is 0 Å². The molecule has 1 atom stereocenters. The first kappa shape index (κ1) is 13.2. The zero-order valence-corrected chi connectivity index (χ0v) is 11.2. The largest absolute Gasteiger partial charge is 0.483 e. The van der Waals surface area contributed by atoms with Gasteiger partial charge < -0.3 is 10.5 Å². The lowest BCUT2D eigenvalue weighted by Gasteiger charge is -2.18. The summed E-state index contributed by atoms with van der Waals surface area (Å²) in [5, 5.41) is 1.10. The van der Waals surface area contributed by atoms with Gasteiger partial charge in [-0.15, -0.1) is 0 Å². The second kappa shape index (κ2) is 6.10. The van der Waals surface area contributed by atoms with Crippen LogP contribution in [0.3, 0.4) is 0 Å². The number of benzene rings is 2. The van der Waals surface area contributed by atoms with Crippen molar-refractivity contribution >= 4 is 23.2 Å². The van der Waals surface area contributed by atoms with Gasteiger partial charge in [-0.25, -0.2) is 0 Å². The molecule has 0 aliphatic heterocycles. The fourth-order valence-electron chi connectivity index (χ4n) is 1.64. The molecule has 2 nitrogen and oxygen atoms in total. The van der Waals surface area contributed by atoms with E-state index >= 15 is 0 Å². The molecule has 0 heterocycles. The summed E-state index contributed by atoms with van der Waals surface area (Å²) >= 11 is 12.0. The van der Waals surface area contributed by atoms with Gasteiger partial charge in [0.1, 0.15) is 11.9 Å². The molecule has 2 aromatic carbocycles. The summed E-state index contributed by atoms with van der Waals surface area (Å²) in [7, 11) is 0. The van der Waals surface area contributed by atoms with Crippen molar-refractivity contribution in [1.82, 2.24) is 0 Å². The minimum Gasteiger partial charge on any atom is -0.483 e. The van der Waals surface area contributed by atoms with Crippen molar-refractivity contribution in [2.45, 2.75) is 6.10 Å². The maximum absolute atomic E-state index is 6.06.